The van der Waals surface area contributed by atoms with Crippen LogP contribution in [0.2, 0.25) is 0 Å². The van der Waals surface area contributed by atoms with Crippen LogP contribution < -0.4 is 9.47 Å². The van der Waals surface area contributed by atoms with E-state index in [-0.39, 0.29) is 25.4 Å². The van der Waals surface area contributed by atoms with Gasteiger partial charge in [-0.3, -0.25) is 0 Å². The molecule has 2 atom stereocenters. The quantitative estimate of drug-likeness (QED) is 0.126. The largest absolute Gasteiger partial charge is 0.490 e. The number of ether oxygens (including phenoxy) is 4. The van der Waals surface area contributed by atoms with Crippen LogP contribution in [0.25, 0.3) is 10.8 Å². The van der Waals surface area contributed by atoms with E-state index in [4.69, 9.17) is 18.9 Å². The van der Waals surface area contributed by atoms with Gasteiger partial charge < -0.3 is 18.9 Å². The molecule has 2 rings (SSSR count). The molecule has 6 heteroatoms. The van der Waals surface area contributed by atoms with Gasteiger partial charge in [0, 0.05) is 12.2 Å². The second-order valence-electron chi connectivity index (χ2n) is 8.81. The Morgan fingerprint density at radius 1 is 0.722 bits per heavy atom. The molecule has 6 nitrogen and oxygen atoms in total. The van der Waals surface area contributed by atoms with Crippen molar-refractivity contribution in [3.63, 3.8) is 0 Å². The maximum atomic E-state index is 11.7. The highest BCUT2D eigenvalue weighted by atomic mass is 16.6. The Balaban J connectivity index is 2.03. The number of unbranched alkanes of at least 4 members (excludes halogenated alkanes) is 4. The van der Waals surface area contributed by atoms with Crippen molar-refractivity contribution in [1.82, 2.24) is 0 Å². The summed E-state index contributed by atoms with van der Waals surface area (Å²) in [6.45, 7) is 11.8. The van der Waals surface area contributed by atoms with Crippen molar-refractivity contribution in [3.05, 3.63) is 61.7 Å². The Kier molecular flexibility index (Phi) is 13.2. The molecule has 0 aliphatic rings. The monoisotopic (exact) mass is 496 g/mol. The highest BCUT2D eigenvalue weighted by Gasteiger charge is 2.15. The van der Waals surface area contributed by atoms with Crippen LogP contribution >= 0.6 is 0 Å². The summed E-state index contributed by atoms with van der Waals surface area (Å²) in [5, 5.41) is 2.01. The second-order valence-corrected chi connectivity index (χ2v) is 8.81. The summed E-state index contributed by atoms with van der Waals surface area (Å²) in [5.41, 5.74) is 0. The van der Waals surface area contributed by atoms with E-state index in [1.165, 1.54) is 12.2 Å². The van der Waals surface area contributed by atoms with Crippen molar-refractivity contribution in [1.29, 1.82) is 0 Å². The fourth-order valence-corrected chi connectivity index (χ4v) is 3.78. The van der Waals surface area contributed by atoms with Gasteiger partial charge >= 0.3 is 11.9 Å². The number of benzene rings is 2. The van der Waals surface area contributed by atoms with E-state index in [9.17, 15) is 9.59 Å². The Morgan fingerprint density at radius 3 is 1.56 bits per heavy atom. The Bertz CT molecular complexity index is 908. The first kappa shape index (κ1) is 29.0. The molecule has 0 saturated carbocycles. The molecule has 0 bridgehead atoms. The fourth-order valence-electron chi connectivity index (χ4n) is 3.78. The number of hydrogen-bond acceptors (Lipinski definition) is 6. The minimum Gasteiger partial charge on any atom is -0.490 e. The number of carbonyl (C=O) groups excluding carboxylic acids is 2. The SMILES string of the molecule is C=CC(=O)OC(CCCCC)COc1ccc2ccc(OCC(CCCCC)OC(=O)C=C)cc2c1. The van der Waals surface area contributed by atoms with E-state index in [1.807, 2.05) is 36.4 Å². The third kappa shape index (κ3) is 10.5. The highest BCUT2D eigenvalue weighted by molar-refractivity contribution is 5.85. The van der Waals surface area contributed by atoms with Crippen LogP contribution in [0, 0.1) is 0 Å². The molecule has 0 fully saturated rings. The zero-order valence-corrected chi connectivity index (χ0v) is 21.7. The van der Waals surface area contributed by atoms with Crippen LogP contribution in [0.4, 0.5) is 0 Å². The first-order valence-corrected chi connectivity index (χ1v) is 12.9. The van der Waals surface area contributed by atoms with Crippen molar-refractivity contribution >= 4 is 22.7 Å². The van der Waals surface area contributed by atoms with Gasteiger partial charge in [-0.05, 0) is 60.7 Å². The van der Waals surface area contributed by atoms with Crippen molar-refractivity contribution in [3.8, 4) is 11.5 Å². The van der Waals surface area contributed by atoms with Crippen LogP contribution in [0.5, 0.6) is 11.5 Å². The molecule has 0 spiro atoms. The van der Waals surface area contributed by atoms with Gasteiger partial charge in [0.2, 0.25) is 0 Å². The average molecular weight is 497 g/mol. The molecule has 0 aliphatic carbocycles. The van der Waals surface area contributed by atoms with Gasteiger partial charge in [-0.15, -0.1) is 0 Å². The molecule has 0 radical (unpaired) electrons. The lowest BCUT2D eigenvalue weighted by Crippen LogP contribution is -2.24. The molecule has 2 unspecified atom stereocenters. The van der Waals surface area contributed by atoms with Gasteiger partial charge in [0.1, 0.15) is 36.9 Å². The Hall–Kier alpha value is -3.28. The molecular formula is C30H40O6. The first-order chi connectivity index (χ1) is 17.5. The van der Waals surface area contributed by atoms with E-state index in [0.29, 0.717) is 11.5 Å². The summed E-state index contributed by atoms with van der Waals surface area (Å²) in [7, 11) is 0. The Morgan fingerprint density at radius 2 is 1.17 bits per heavy atom. The van der Waals surface area contributed by atoms with Gasteiger partial charge in [-0.1, -0.05) is 64.8 Å². The highest BCUT2D eigenvalue weighted by Crippen LogP contribution is 2.26. The van der Waals surface area contributed by atoms with E-state index in [2.05, 4.69) is 27.0 Å². The number of fused-ring (bicyclic) bond motifs is 1. The molecule has 0 heterocycles. The number of rotatable bonds is 18. The fraction of sp³-hybridized carbons (Fsp3) is 0.467. The lowest BCUT2D eigenvalue weighted by Gasteiger charge is -2.19. The minimum absolute atomic E-state index is 0.277. The summed E-state index contributed by atoms with van der Waals surface area (Å²) in [6, 6.07) is 11.7. The van der Waals surface area contributed by atoms with Crippen molar-refractivity contribution < 1.29 is 28.5 Å². The van der Waals surface area contributed by atoms with Crippen molar-refractivity contribution in [2.45, 2.75) is 77.4 Å². The van der Waals surface area contributed by atoms with Gasteiger partial charge in [0.15, 0.2) is 0 Å². The maximum Gasteiger partial charge on any atom is 0.330 e. The molecule has 0 aromatic heterocycles. The summed E-state index contributed by atoms with van der Waals surface area (Å²) in [5.74, 6) is 0.499. The zero-order valence-electron chi connectivity index (χ0n) is 21.7. The van der Waals surface area contributed by atoms with Crippen LogP contribution in [0.3, 0.4) is 0 Å². The number of esters is 2. The lowest BCUT2D eigenvalue weighted by atomic mass is 10.1. The predicted octanol–water partition coefficient (Wildman–Crippen LogP) is 6.95. The van der Waals surface area contributed by atoms with Gasteiger partial charge in [0.05, 0.1) is 0 Å². The predicted molar refractivity (Wildman–Crippen MR) is 143 cm³/mol. The van der Waals surface area contributed by atoms with Gasteiger partial charge in [0.25, 0.3) is 0 Å². The molecule has 36 heavy (non-hydrogen) atoms. The third-order valence-electron chi connectivity index (χ3n) is 5.81. The van der Waals surface area contributed by atoms with Gasteiger partial charge in [-0.2, -0.15) is 0 Å². The van der Waals surface area contributed by atoms with Gasteiger partial charge in [-0.25, -0.2) is 9.59 Å². The van der Waals surface area contributed by atoms with E-state index in [0.717, 1.165) is 62.1 Å². The topological polar surface area (TPSA) is 71.1 Å². The number of carbonyl (C=O) groups is 2. The first-order valence-electron chi connectivity index (χ1n) is 12.9. The average Bonchev–Trinajstić information content (AvgIpc) is 2.89. The molecule has 0 N–H and O–H groups in total. The minimum atomic E-state index is -0.438. The van der Waals surface area contributed by atoms with E-state index in [1.54, 1.807) is 0 Å². The summed E-state index contributed by atoms with van der Waals surface area (Å²) in [4.78, 5) is 23.4. The third-order valence-corrected chi connectivity index (χ3v) is 5.81. The van der Waals surface area contributed by atoms with Crippen LogP contribution in [-0.4, -0.2) is 37.4 Å². The molecule has 2 aromatic rings. The Labute approximate surface area is 215 Å². The summed E-state index contributed by atoms with van der Waals surface area (Å²) < 4.78 is 22.9. The maximum absolute atomic E-state index is 11.7. The van der Waals surface area contributed by atoms with E-state index < -0.39 is 11.9 Å². The summed E-state index contributed by atoms with van der Waals surface area (Å²) in [6.07, 6.45) is 9.47. The molecule has 0 aliphatic heterocycles. The smallest absolute Gasteiger partial charge is 0.330 e. The molecule has 0 amide bonds. The van der Waals surface area contributed by atoms with E-state index >= 15 is 0 Å². The molecule has 196 valence electrons. The van der Waals surface area contributed by atoms with Crippen LogP contribution in [0.1, 0.15) is 65.2 Å². The molecule has 0 saturated heterocycles. The lowest BCUT2D eigenvalue weighted by molar-refractivity contribution is -0.145. The summed E-state index contributed by atoms with van der Waals surface area (Å²) >= 11 is 0. The standard InChI is InChI=1S/C30H40O6/c1-5-9-11-13-27(35-29(31)7-3)21-33-25-17-15-23-16-18-26(20-24(23)19-25)34-22-28(14-12-10-6-2)36-30(32)8-4/h7-8,15-20,27-28H,3-6,9-14,21-22H2,1-2H3. The van der Waals surface area contributed by atoms with Crippen LogP contribution in [-0.2, 0) is 19.1 Å². The molecular weight excluding hydrogens is 456 g/mol. The van der Waals surface area contributed by atoms with Crippen molar-refractivity contribution in [2.75, 3.05) is 13.2 Å². The van der Waals surface area contributed by atoms with Crippen LogP contribution in [0.15, 0.2) is 61.7 Å². The second kappa shape index (κ2) is 16.4. The normalized spacial score (nSPS) is 12.4. The van der Waals surface area contributed by atoms with Crippen molar-refractivity contribution in [2.24, 2.45) is 0 Å². The zero-order chi connectivity index (χ0) is 26.2. The molecule has 2 aromatic carbocycles. The number of hydrogen-bond donors (Lipinski definition) is 0.